The number of aryl methyl sites for hydroxylation is 1. The number of piperazine rings is 1. The molecule has 0 unspecified atom stereocenters. The van der Waals surface area contributed by atoms with Crippen molar-refractivity contribution in [2.24, 2.45) is 17.8 Å². The van der Waals surface area contributed by atoms with Crippen molar-refractivity contribution in [3.63, 3.8) is 0 Å². The predicted octanol–water partition coefficient (Wildman–Crippen LogP) is 3.45. The molecule has 1 aliphatic heterocycles. The Morgan fingerprint density at radius 3 is 2.44 bits per heavy atom. The summed E-state index contributed by atoms with van der Waals surface area (Å²) in [4.78, 5) is 17.3. The third kappa shape index (κ3) is 5.47. The molecule has 0 atom stereocenters. The van der Waals surface area contributed by atoms with Gasteiger partial charge in [-0.05, 0) is 81.0 Å². The van der Waals surface area contributed by atoms with Gasteiger partial charge in [-0.3, -0.25) is 9.69 Å². The Balaban J connectivity index is 1.10. The third-order valence-electron chi connectivity index (χ3n) is 6.59. The van der Waals surface area contributed by atoms with Crippen LogP contribution in [0.2, 0.25) is 0 Å². The van der Waals surface area contributed by atoms with Gasteiger partial charge >= 0.3 is 0 Å². The highest BCUT2D eigenvalue weighted by atomic mass is 16.1. The highest BCUT2D eigenvalue weighted by Crippen LogP contribution is 2.50. The van der Waals surface area contributed by atoms with Gasteiger partial charge in [0, 0.05) is 44.8 Å². The lowest BCUT2D eigenvalue weighted by Crippen LogP contribution is -2.47. The fourth-order valence-corrected chi connectivity index (χ4v) is 4.64. The van der Waals surface area contributed by atoms with Gasteiger partial charge in [0.2, 0.25) is 5.91 Å². The fraction of sp³-hybridized carbons (Fsp3) is 0.696. The summed E-state index contributed by atoms with van der Waals surface area (Å²) >= 11 is 0. The SMILES string of the molecule is Cc1cccc(N2CCN(CCCNC(=O)CC(C3CC3)C3CC3)CC2)c1. The van der Waals surface area contributed by atoms with Crippen LogP contribution in [0.5, 0.6) is 0 Å². The molecule has 1 heterocycles. The largest absolute Gasteiger partial charge is 0.369 e. The first-order valence-corrected chi connectivity index (χ1v) is 11.0. The van der Waals surface area contributed by atoms with Crippen LogP contribution in [-0.2, 0) is 4.79 Å². The number of hydrogen-bond donors (Lipinski definition) is 1. The van der Waals surface area contributed by atoms with E-state index in [1.807, 2.05) is 0 Å². The van der Waals surface area contributed by atoms with Crippen LogP contribution < -0.4 is 10.2 Å². The highest BCUT2D eigenvalue weighted by Gasteiger charge is 2.42. The van der Waals surface area contributed by atoms with Crippen molar-refractivity contribution in [1.82, 2.24) is 10.2 Å². The van der Waals surface area contributed by atoms with E-state index in [4.69, 9.17) is 0 Å². The molecule has 1 aromatic rings. The van der Waals surface area contributed by atoms with Crippen LogP contribution >= 0.6 is 0 Å². The smallest absolute Gasteiger partial charge is 0.220 e. The van der Waals surface area contributed by atoms with E-state index in [1.54, 1.807) is 0 Å². The molecule has 4 rings (SSSR count). The summed E-state index contributed by atoms with van der Waals surface area (Å²) in [7, 11) is 0. The van der Waals surface area contributed by atoms with Gasteiger partial charge in [0.25, 0.3) is 0 Å². The summed E-state index contributed by atoms with van der Waals surface area (Å²) < 4.78 is 0. The van der Waals surface area contributed by atoms with Gasteiger partial charge < -0.3 is 10.2 Å². The number of carbonyl (C=O) groups is 1. The molecular weight excluding hydrogens is 334 g/mol. The lowest BCUT2D eigenvalue weighted by Gasteiger charge is -2.36. The summed E-state index contributed by atoms with van der Waals surface area (Å²) in [6.45, 7) is 8.52. The van der Waals surface area contributed by atoms with Crippen molar-refractivity contribution in [2.45, 2.75) is 45.4 Å². The van der Waals surface area contributed by atoms with Gasteiger partial charge in [-0.15, -0.1) is 0 Å². The van der Waals surface area contributed by atoms with Crippen LogP contribution in [0, 0.1) is 24.7 Å². The van der Waals surface area contributed by atoms with Crippen molar-refractivity contribution in [3.05, 3.63) is 29.8 Å². The molecule has 148 valence electrons. The summed E-state index contributed by atoms with van der Waals surface area (Å²) in [6.07, 6.45) is 7.30. The lowest BCUT2D eigenvalue weighted by molar-refractivity contribution is -0.122. The molecule has 0 radical (unpaired) electrons. The van der Waals surface area contributed by atoms with Gasteiger partial charge in [0.15, 0.2) is 0 Å². The van der Waals surface area contributed by atoms with Gasteiger partial charge in [-0.1, -0.05) is 12.1 Å². The van der Waals surface area contributed by atoms with Gasteiger partial charge in [0.05, 0.1) is 0 Å². The van der Waals surface area contributed by atoms with E-state index in [9.17, 15) is 4.79 Å². The van der Waals surface area contributed by atoms with E-state index in [0.29, 0.717) is 11.8 Å². The molecule has 1 amide bonds. The maximum atomic E-state index is 12.3. The summed E-state index contributed by atoms with van der Waals surface area (Å²) in [5.41, 5.74) is 2.68. The van der Waals surface area contributed by atoms with Crippen LogP contribution in [-0.4, -0.2) is 50.1 Å². The molecule has 1 N–H and O–H groups in total. The Morgan fingerprint density at radius 2 is 1.81 bits per heavy atom. The van der Waals surface area contributed by atoms with E-state index >= 15 is 0 Å². The van der Waals surface area contributed by atoms with E-state index in [0.717, 1.165) is 63.9 Å². The zero-order valence-electron chi connectivity index (χ0n) is 16.8. The summed E-state index contributed by atoms with van der Waals surface area (Å²) in [5.74, 6) is 2.73. The maximum absolute atomic E-state index is 12.3. The Kier molecular flexibility index (Phi) is 6.01. The van der Waals surface area contributed by atoms with E-state index in [2.05, 4.69) is 46.3 Å². The van der Waals surface area contributed by atoms with E-state index < -0.39 is 0 Å². The molecule has 0 spiro atoms. The second-order valence-corrected chi connectivity index (χ2v) is 8.91. The fourth-order valence-electron chi connectivity index (χ4n) is 4.64. The Bertz CT molecular complexity index is 618. The molecule has 1 saturated heterocycles. The average molecular weight is 370 g/mol. The van der Waals surface area contributed by atoms with E-state index in [-0.39, 0.29) is 0 Å². The molecular formula is C23H35N3O. The van der Waals surface area contributed by atoms with Crippen molar-refractivity contribution in [3.8, 4) is 0 Å². The number of carbonyl (C=O) groups excluding carboxylic acids is 1. The Hall–Kier alpha value is -1.55. The lowest BCUT2D eigenvalue weighted by atomic mass is 9.94. The first-order valence-electron chi connectivity index (χ1n) is 11.0. The zero-order valence-corrected chi connectivity index (χ0v) is 16.8. The normalized spacial score (nSPS) is 20.9. The predicted molar refractivity (Wildman–Crippen MR) is 111 cm³/mol. The number of nitrogens with one attached hydrogen (secondary N) is 1. The monoisotopic (exact) mass is 369 g/mol. The number of rotatable bonds is 9. The van der Waals surface area contributed by atoms with Crippen LogP contribution in [0.15, 0.2) is 24.3 Å². The second-order valence-electron chi connectivity index (χ2n) is 8.91. The molecule has 1 aromatic carbocycles. The summed E-state index contributed by atoms with van der Waals surface area (Å²) in [6, 6.07) is 8.80. The van der Waals surface area contributed by atoms with Crippen molar-refractivity contribution < 1.29 is 4.79 Å². The van der Waals surface area contributed by atoms with Gasteiger partial charge in [-0.2, -0.15) is 0 Å². The number of benzene rings is 1. The maximum Gasteiger partial charge on any atom is 0.220 e. The van der Waals surface area contributed by atoms with Gasteiger partial charge in [0.1, 0.15) is 0 Å². The molecule has 0 bridgehead atoms. The molecule has 2 aliphatic carbocycles. The quantitative estimate of drug-likeness (QED) is 0.677. The topological polar surface area (TPSA) is 35.6 Å². The Morgan fingerprint density at radius 1 is 1.11 bits per heavy atom. The van der Waals surface area contributed by atoms with E-state index in [1.165, 1.54) is 36.9 Å². The highest BCUT2D eigenvalue weighted by molar-refractivity contribution is 5.76. The molecule has 27 heavy (non-hydrogen) atoms. The summed E-state index contributed by atoms with van der Waals surface area (Å²) in [5, 5.41) is 3.18. The van der Waals surface area contributed by atoms with Crippen LogP contribution in [0.3, 0.4) is 0 Å². The molecule has 4 nitrogen and oxygen atoms in total. The first-order chi connectivity index (χ1) is 13.2. The van der Waals surface area contributed by atoms with Crippen molar-refractivity contribution in [2.75, 3.05) is 44.2 Å². The molecule has 2 saturated carbocycles. The molecule has 4 heteroatoms. The minimum absolute atomic E-state index is 0.295. The van der Waals surface area contributed by atoms with Crippen LogP contribution in [0.1, 0.15) is 44.1 Å². The number of hydrogen-bond acceptors (Lipinski definition) is 3. The number of nitrogens with zero attached hydrogens (tertiary/aromatic N) is 2. The minimum atomic E-state index is 0.295. The van der Waals surface area contributed by atoms with Crippen molar-refractivity contribution >= 4 is 11.6 Å². The Labute approximate surface area is 164 Å². The first kappa shape index (κ1) is 18.8. The standard InChI is InChI=1S/C23H35N3O/c1-18-4-2-5-21(16-18)26-14-12-25(13-15-26)11-3-10-24-23(27)17-22(19-6-7-19)20-8-9-20/h2,4-5,16,19-20,22H,3,6-15,17H2,1H3,(H,24,27). The molecule has 0 aromatic heterocycles. The van der Waals surface area contributed by atoms with Crippen LogP contribution in [0.4, 0.5) is 5.69 Å². The molecule has 3 aliphatic rings. The number of amides is 1. The third-order valence-corrected chi connectivity index (χ3v) is 6.59. The van der Waals surface area contributed by atoms with Gasteiger partial charge in [-0.25, -0.2) is 0 Å². The molecule has 3 fully saturated rings. The zero-order chi connectivity index (χ0) is 18.6. The van der Waals surface area contributed by atoms with Crippen LogP contribution in [0.25, 0.3) is 0 Å². The average Bonchev–Trinajstić information content (AvgIpc) is 3.57. The minimum Gasteiger partial charge on any atom is -0.369 e. The van der Waals surface area contributed by atoms with Crippen molar-refractivity contribution in [1.29, 1.82) is 0 Å². The second kappa shape index (κ2) is 8.64. The number of anilines is 1.